The first kappa shape index (κ1) is 20.7. The second-order valence-electron chi connectivity index (χ2n) is 9.99. The number of phenolic OH excluding ortho intramolecular Hbond substituents is 1. The molecule has 0 aliphatic heterocycles. The van der Waals surface area contributed by atoms with Gasteiger partial charge in [-0.3, -0.25) is 9.59 Å². The third kappa shape index (κ3) is 2.53. The number of nitrogens with zero attached hydrogens (tertiary/aromatic N) is 2. The van der Waals surface area contributed by atoms with Gasteiger partial charge in [0.1, 0.15) is 5.75 Å². The maximum absolute atomic E-state index is 13.9. The zero-order valence-corrected chi connectivity index (χ0v) is 19.7. The molecule has 0 unspecified atom stereocenters. The highest BCUT2D eigenvalue weighted by Gasteiger charge is 2.41. The number of aliphatic hydroxyl groups is 1. The summed E-state index contributed by atoms with van der Waals surface area (Å²) in [6.45, 7) is 9.88. The number of rotatable bonds is 2. The van der Waals surface area contributed by atoms with Crippen LogP contribution in [-0.4, -0.2) is 32.6 Å². The van der Waals surface area contributed by atoms with Crippen LogP contribution < -0.4 is 11.1 Å². The summed E-state index contributed by atoms with van der Waals surface area (Å²) in [7, 11) is -2.58. The highest BCUT2D eigenvalue weighted by atomic mass is 28.3. The van der Waals surface area contributed by atoms with Crippen molar-refractivity contribution in [2.75, 3.05) is 0 Å². The lowest BCUT2D eigenvalue weighted by Crippen LogP contribution is -2.56. The van der Waals surface area contributed by atoms with E-state index < -0.39 is 8.24 Å². The number of aliphatic hydroxyl groups excluding tert-OH is 1. The van der Waals surface area contributed by atoms with E-state index in [1.807, 2.05) is 13.1 Å². The predicted molar refractivity (Wildman–Crippen MR) is 131 cm³/mol. The second kappa shape index (κ2) is 6.40. The van der Waals surface area contributed by atoms with E-state index in [0.717, 1.165) is 10.8 Å². The molecule has 0 saturated carbocycles. The van der Waals surface area contributed by atoms with E-state index in [1.165, 1.54) is 4.23 Å². The number of phenols is 1. The third-order valence-electron chi connectivity index (χ3n) is 7.18. The van der Waals surface area contributed by atoms with Crippen LogP contribution in [0.4, 0.5) is 0 Å². The number of nitrogens with one attached hydrogen (secondary N) is 1. The Morgan fingerprint density at radius 2 is 1.75 bits per heavy atom. The van der Waals surface area contributed by atoms with Gasteiger partial charge < -0.3 is 19.4 Å². The van der Waals surface area contributed by atoms with Crippen molar-refractivity contribution in [1.82, 2.24) is 14.2 Å². The smallest absolute Gasteiger partial charge is 0.253 e. The number of aromatic hydroxyl groups is 1. The molecule has 3 aromatic heterocycles. The molecule has 0 atom stereocenters. The largest absolute Gasteiger partial charge is 0.508 e. The number of aromatic nitrogens is 3. The molecule has 0 aliphatic rings. The number of benzene rings is 2. The van der Waals surface area contributed by atoms with Crippen molar-refractivity contribution in [1.29, 1.82) is 0 Å². The van der Waals surface area contributed by atoms with E-state index in [9.17, 15) is 19.8 Å². The van der Waals surface area contributed by atoms with E-state index in [4.69, 9.17) is 4.98 Å². The summed E-state index contributed by atoms with van der Waals surface area (Å²) < 4.78 is 1.46. The van der Waals surface area contributed by atoms with E-state index >= 15 is 0 Å². The molecule has 2 aromatic carbocycles. The van der Waals surface area contributed by atoms with Crippen molar-refractivity contribution in [3.05, 3.63) is 56.7 Å². The fourth-order valence-electron chi connectivity index (χ4n) is 4.45. The van der Waals surface area contributed by atoms with Crippen molar-refractivity contribution < 1.29 is 10.2 Å². The topological polar surface area (TPSA) is 108 Å². The molecule has 0 amide bonds. The van der Waals surface area contributed by atoms with Crippen molar-refractivity contribution in [2.24, 2.45) is 0 Å². The summed E-state index contributed by atoms with van der Waals surface area (Å²) in [5, 5.41) is 22.5. The molecule has 5 rings (SSSR count). The van der Waals surface area contributed by atoms with E-state index in [0.29, 0.717) is 38.3 Å². The Hall–Kier alpha value is -3.23. The highest BCUT2D eigenvalue weighted by Crippen LogP contribution is 2.38. The van der Waals surface area contributed by atoms with Gasteiger partial charge in [0.2, 0.25) is 0 Å². The first-order valence-electron chi connectivity index (χ1n) is 10.6. The minimum absolute atomic E-state index is 0.116. The molecule has 32 heavy (non-hydrogen) atoms. The molecule has 0 radical (unpaired) electrons. The first-order valence-corrected chi connectivity index (χ1v) is 13.5. The van der Waals surface area contributed by atoms with Gasteiger partial charge in [0.25, 0.3) is 11.1 Å². The van der Waals surface area contributed by atoms with Crippen LogP contribution in [0.3, 0.4) is 0 Å². The van der Waals surface area contributed by atoms with Gasteiger partial charge in [-0.1, -0.05) is 33.9 Å². The van der Waals surface area contributed by atoms with Crippen LogP contribution in [0.1, 0.15) is 26.3 Å². The van der Waals surface area contributed by atoms with Crippen LogP contribution in [0.25, 0.3) is 43.5 Å². The van der Waals surface area contributed by atoms with Crippen LogP contribution in [0.5, 0.6) is 5.75 Å². The number of aromatic amines is 1. The van der Waals surface area contributed by atoms with E-state index in [2.05, 4.69) is 25.8 Å². The molecule has 0 saturated heterocycles. The van der Waals surface area contributed by atoms with Gasteiger partial charge in [-0.2, -0.15) is 0 Å². The van der Waals surface area contributed by atoms with Gasteiger partial charge in [0, 0.05) is 27.9 Å². The van der Waals surface area contributed by atoms with Gasteiger partial charge in [0.15, 0.2) is 8.24 Å². The Balaban J connectivity index is 2.11. The molecule has 5 aromatic rings. The average molecular weight is 448 g/mol. The summed E-state index contributed by atoms with van der Waals surface area (Å²) in [5.74, 6) is 0.116. The standard InChI is InChI=1S/C24H25N3O4Si/c1-24(2,3)32(4,5)27-22(30)16-9-15-14-8-13(29)6-7-17(14)26-20(15)21-19(16)18(23(27)31)12(11-28)10-25-21/h6-10,25,28-29H,11H2,1-5H3. The fraction of sp³-hybridized carbons (Fsp3) is 0.292. The lowest BCUT2D eigenvalue weighted by Gasteiger charge is -2.37. The Morgan fingerprint density at radius 1 is 1.03 bits per heavy atom. The number of fused-ring (bicyclic) bond motifs is 4. The van der Waals surface area contributed by atoms with Crippen LogP contribution in [0, 0.1) is 0 Å². The van der Waals surface area contributed by atoms with Gasteiger partial charge in [-0.15, -0.1) is 0 Å². The normalized spacial score (nSPS) is 13.2. The second-order valence-corrected chi connectivity index (χ2v) is 15.1. The first-order chi connectivity index (χ1) is 15.0. The SMILES string of the molecule is CC(C)(C)[Si](C)(C)n1c(=O)c2cc3c4cc(O)ccc4nc3c3[nH]cc(CO)c(c1=O)c23. The van der Waals surface area contributed by atoms with Crippen LogP contribution in [0.15, 0.2) is 40.1 Å². The van der Waals surface area contributed by atoms with Gasteiger partial charge in [0.05, 0.1) is 33.9 Å². The van der Waals surface area contributed by atoms with Crippen molar-refractivity contribution in [2.45, 2.75) is 45.5 Å². The Kier molecular flexibility index (Phi) is 4.13. The summed E-state index contributed by atoms with van der Waals surface area (Å²) in [5.41, 5.74) is 1.67. The van der Waals surface area contributed by atoms with Crippen LogP contribution >= 0.6 is 0 Å². The zero-order chi connectivity index (χ0) is 23.2. The van der Waals surface area contributed by atoms with Crippen molar-refractivity contribution in [3.8, 4) is 5.75 Å². The minimum atomic E-state index is -2.58. The molecule has 3 heterocycles. The quantitative estimate of drug-likeness (QED) is 0.354. The molecule has 3 N–H and O–H groups in total. The molecule has 0 spiro atoms. The number of hydrogen-bond donors (Lipinski definition) is 3. The van der Waals surface area contributed by atoms with E-state index in [-0.39, 0.29) is 28.5 Å². The Bertz CT molecular complexity index is 1680. The maximum Gasteiger partial charge on any atom is 0.253 e. The third-order valence-corrected chi connectivity index (χ3v) is 12.4. The lowest BCUT2D eigenvalue weighted by atomic mass is 10.0. The fourth-order valence-corrected chi connectivity index (χ4v) is 6.37. The molecule has 0 bridgehead atoms. The zero-order valence-electron chi connectivity index (χ0n) is 18.7. The molecule has 7 nitrogen and oxygen atoms in total. The number of H-pyrrole nitrogens is 1. The Labute approximate surface area is 184 Å². The van der Waals surface area contributed by atoms with Crippen LogP contribution in [-0.2, 0) is 6.61 Å². The maximum atomic E-state index is 13.9. The molecule has 8 heteroatoms. The minimum Gasteiger partial charge on any atom is -0.508 e. The highest BCUT2D eigenvalue weighted by molar-refractivity contribution is 6.78. The number of pyridine rings is 2. The van der Waals surface area contributed by atoms with E-state index in [1.54, 1.807) is 30.5 Å². The summed E-state index contributed by atoms with van der Waals surface area (Å²) >= 11 is 0. The average Bonchev–Trinajstić information content (AvgIpc) is 3.08. The summed E-state index contributed by atoms with van der Waals surface area (Å²) in [6, 6.07) is 6.71. The lowest BCUT2D eigenvalue weighted by molar-refractivity contribution is 0.283. The summed E-state index contributed by atoms with van der Waals surface area (Å²) in [4.78, 5) is 35.5. The number of hydrogen-bond acceptors (Lipinski definition) is 5. The van der Waals surface area contributed by atoms with Crippen LogP contribution in [0.2, 0.25) is 18.1 Å². The van der Waals surface area contributed by atoms with Gasteiger partial charge >= 0.3 is 0 Å². The van der Waals surface area contributed by atoms with Crippen molar-refractivity contribution >= 4 is 51.7 Å². The molecule has 164 valence electrons. The Morgan fingerprint density at radius 3 is 2.41 bits per heavy atom. The molecular formula is C24H25N3O4Si. The van der Waals surface area contributed by atoms with Gasteiger partial charge in [-0.05, 0) is 29.3 Å². The molecule has 0 aliphatic carbocycles. The van der Waals surface area contributed by atoms with Gasteiger partial charge in [-0.25, -0.2) is 4.98 Å². The molecule has 0 fully saturated rings. The summed E-state index contributed by atoms with van der Waals surface area (Å²) in [6.07, 6.45) is 1.62. The monoisotopic (exact) mass is 447 g/mol. The molecular weight excluding hydrogens is 422 g/mol. The van der Waals surface area contributed by atoms with Crippen molar-refractivity contribution in [3.63, 3.8) is 0 Å². The predicted octanol–water partition coefficient (Wildman–Crippen LogP) is 4.03.